The SMILES string of the molecule is CC1CCCCC1[N+]1=Cc2cccn2[C@H]1C. The lowest BCUT2D eigenvalue weighted by atomic mass is 9.85. The van der Waals surface area contributed by atoms with Gasteiger partial charge in [0, 0.05) is 25.5 Å². The second-order valence-electron chi connectivity index (χ2n) is 5.38. The number of rotatable bonds is 1. The third kappa shape index (κ3) is 1.43. The van der Waals surface area contributed by atoms with Crippen molar-refractivity contribution >= 4 is 6.21 Å². The van der Waals surface area contributed by atoms with Gasteiger partial charge in [-0.2, -0.15) is 0 Å². The van der Waals surface area contributed by atoms with Crippen LogP contribution in [0.5, 0.6) is 0 Å². The van der Waals surface area contributed by atoms with E-state index in [0.29, 0.717) is 6.17 Å². The molecule has 1 aliphatic heterocycles. The summed E-state index contributed by atoms with van der Waals surface area (Å²) in [5.41, 5.74) is 1.37. The van der Waals surface area contributed by atoms with Crippen LogP contribution in [0.2, 0.25) is 0 Å². The van der Waals surface area contributed by atoms with E-state index >= 15 is 0 Å². The monoisotopic (exact) mass is 217 g/mol. The largest absolute Gasteiger partial charge is 0.285 e. The molecule has 0 spiro atoms. The Morgan fingerprint density at radius 3 is 2.81 bits per heavy atom. The van der Waals surface area contributed by atoms with Crippen molar-refractivity contribution in [1.29, 1.82) is 0 Å². The maximum atomic E-state index is 2.58. The van der Waals surface area contributed by atoms with E-state index in [1.165, 1.54) is 31.4 Å². The summed E-state index contributed by atoms with van der Waals surface area (Å²) in [6.07, 6.45) is 10.7. The van der Waals surface area contributed by atoms with Crippen LogP contribution in [-0.2, 0) is 0 Å². The van der Waals surface area contributed by atoms with E-state index in [1.54, 1.807) is 0 Å². The second-order valence-corrected chi connectivity index (χ2v) is 5.38. The Balaban J connectivity index is 1.89. The lowest BCUT2D eigenvalue weighted by Crippen LogP contribution is -2.36. The Morgan fingerprint density at radius 1 is 1.25 bits per heavy atom. The zero-order valence-corrected chi connectivity index (χ0v) is 10.3. The Bertz CT molecular complexity index is 416. The van der Waals surface area contributed by atoms with Crippen LogP contribution in [-0.4, -0.2) is 21.4 Å². The van der Waals surface area contributed by atoms with Crippen LogP contribution >= 0.6 is 0 Å². The number of hydrogen-bond donors (Lipinski definition) is 0. The molecule has 2 heterocycles. The van der Waals surface area contributed by atoms with E-state index < -0.39 is 0 Å². The van der Waals surface area contributed by atoms with Gasteiger partial charge >= 0.3 is 0 Å². The molecular weight excluding hydrogens is 196 g/mol. The summed E-state index contributed by atoms with van der Waals surface area (Å²) in [5.74, 6) is 0.844. The molecule has 2 unspecified atom stereocenters. The third-order valence-corrected chi connectivity index (χ3v) is 4.38. The van der Waals surface area contributed by atoms with Gasteiger partial charge < -0.3 is 0 Å². The van der Waals surface area contributed by atoms with E-state index in [2.05, 4.69) is 47.5 Å². The molecule has 1 aromatic rings. The van der Waals surface area contributed by atoms with Gasteiger partial charge in [-0.05, 0) is 25.0 Å². The smallest absolute Gasteiger partial charge is 0.229 e. The molecule has 86 valence electrons. The third-order valence-electron chi connectivity index (χ3n) is 4.38. The first-order valence-corrected chi connectivity index (χ1v) is 6.56. The summed E-state index contributed by atoms with van der Waals surface area (Å²) in [7, 11) is 0. The average molecular weight is 217 g/mol. The van der Waals surface area contributed by atoms with Gasteiger partial charge in [0.1, 0.15) is 5.69 Å². The maximum Gasteiger partial charge on any atom is 0.229 e. The molecule has 0 aromatic carbocycles. The van der Waals surface area contributed by atoms with Crippen LogP contribution < -0.4 is 0 Å². The minimum Gasteiger partial charge on any atom is -0.285 e. The fraction of sp³-hybridized carbons (Fsp3) is 0.643. The highest BCUT2D eigenvalue weighted by Gasteiger charge is 2.37. The van der Waals surface area contributed by atoms with Crippen LogP contribution in [0, 0.1) is 5.92 Å². The van der Waals surface area contributed by atoms with E-state index in [1.807, 2.05) is 0 Å². The second kappa shape index (κ2) is 3.76. The predicted octanol–water partition coefficient (Wildman–Crippen LogP) is 3.03. The summed E-state index contributed by atoms with van der Waals surface area (Å²) in [6.45, 7) is 4.73. The Kier molecular flexibility index (Phi) is 2.38. The van der Waals surface area contributed by atoms with Crippen LogP contribution in [0.1, 0.15) is 51.4 Å². The van der Waals surface area contributed by atoms with E-state index in [0.717, 1.165) is 12.0 Å². The van der Waals surface area contributed by atoms with Crippen LogP contribution in [0.4, 0.5) is 0 Å². The summed E-state index contributed by atoms with van der Waals surface area (Å²) < 4.78 is 4.96. The molecule has 0 amide bonds. The molecule has 3 atom stereocenters. The summed E-state index contributed by atoms with van der Waals surface area (Å²) in [5, 5.41) is 0. The summed E-state index contributed by atoms with van der Waals surface area (Å²) >= 11 is 0. The number of aromatic nitrogens is 1. The van der Waals surface area contributed by atoms with E-state index in [-0.39, 0.29) is 0 Å². The molecule has 0 N–H and O–H groups in total. The molecule has 3 rings (SSSR count). The molecular formula is C14H21N2+. The van der Waals surface area contributed by atoms with Gasteiger partial charge in [0.25, 0.3) is 0 Å². The average Bonchev–Trinajstić information content (AvgIpc) is 2.83. The molecule has 1 aliphatic carbocycles. The highest BCUT2D eigenvalue weighted by molar-refractivity contribution is 5.74. The van der Waals surface area contributed by atoms with Crippen molar-refractivity contribution in [3.8, 4) is 0 Å². The lowest BCUT2D eigenvalue weighted by Gasteiger charge is -2.27. The first kappa shape index (κ1) is 10.1. The molecule has 16 heavy (non-hydrogen) atoms. The Hall–Kier alpha value is -1.05. The number of hydrogen-bond acceptors (Lipinski definition) is 0. The zero-order chi connectivity index (χ0) is 11.1. The summed E-state index contributed by atoms with van der Waals surface area (Å²) in [6, 6.07) is 5.11. The molecule has 2 nitrogen and oxygen atoms in total. The van der Waals surface area contributed by atoms with Crippen molar-refractivity contribution in [3.63, 3.8) is 0 Å². The van der Waals surface area contributed by atoms with Gasteiger partial charge in [0.15, 0.2) is 12.3 Å². The van der Waals surface area contributed by atoms with Crippen molar-refractivity contribution in [3.05, 3.63) is 24.0 Å². The van der Waals surface area contributed by atoms with Crippen molar-refractivity contribution in [2.45, 2.75) is 51.7 Å². The van der Waals surface area contributed by atoms with Crippen LogP contribution in [0.3, 0.4) is 0 Å². The maximum absolute atomic E-state index is 2.58. The zero-order valence-electron chi connectivity index (χ0n) is 10.3. The fourth-order valence-corrected chi connectivity index (χ4v) is 3.37. The first-order valence-electron chi connectivity index (χ1n) is 6.56. The lowest BCUT2D eigenvalue weighted by molar-refractivity contribution is -0.619. The minimum atomic E-state index is 0.510. The number of fused-ring (bicyclic) bond motifs is 1. The van der Waals surface area contributed by atoms with E-state index in [9.17, 15) is 0 Å². The fourth-order valence-electron chi connectivity index (χ4n) is 3.37. The Morgan fingerprint density at radius 2 is 2.06 bits per heavy atom. The van der Waals surface area contributed by atoms with Crippen LogP contribution in [0.15, 0.2) is 18.3 Å². The minimum absolute atomic E-state index is 0.510. The van der Waals surface area contributed by atoms with Gasteiger partial charge in [-0.25, -0.2) is 4.58 Å². The molecule has 1 fully saturated rings. The highest BCUT2D eigenvalue weighted by atomic mass is 15.3. The first-order chi connectivity index (χ1) is 7.77. The molecule has 0 bridgehead atoms. The standard InChI is InChI=1S/C14H21N2/c1-11-6-3-4-8-14(11)16-10-13-7-5-9-15(13)12(16)2/h5,7,9-12,14H,3-4,6,8H2,1-2H3/q+1/t11?,12-,14?/m1/s1. The molecule has 1 saturated carbocycles. The van der Waals surface area contributed by atoms with Crippen LogP contribution in [0.25, 0.3) is 0 Å². The molecule has 2 heteroatoms. The van der Waals surface area contributed by atoms with Gasteiger partial charge in [-0.15, -0.1) is 0 Å². The van der Waals surface area contributed by atoms with Gasteiger partial charge in [0.05, 0.1) is 0 Å². The van der Waals surface area contributed by atoms with Gasteiger partial charge in [-0.1, -0.05) is 13.3 Å². The Labute approximate surface area is 97.6 Å². The topological polar surface area (TPSA) is 7.94 Å². The van der Waals surface area contributed by atoms with Gasteiger partial charge in [0.2, 0.25) is 6.17 Å². The molecule has 1 aromatic heterocycles. The molecule has 0 radical (unpaired) electrons. The molecule has 2 aliphatic rings. The quantitative estimate of drug-likeness (QED) is 0.639. The predicted molar refractivity (Wildman–Crippen MR) is 66.0 cm³/mol. The number of nitrogens with zero attached hydrogens (tertiary/aromatic N) is 2. The van der Waals surface area contributed by atoms with Crippen molar-refractivity contribution < 1.29 is 4.58 Å². The summed E-state index contributed by atoms with van der Waals surface area (Å²) in [4.78, 5) is 0. The molecule has 0 saturated heterocycles. The van der Waals surface area contributed by atoms with Crippen molar-refractivity contribution in [2.75, 3.05) is 0 Å². The van der Waals surface area contributed by atoms with E-state index in [4.69, 9.17) is 0 Å². The normalized spacial score (nSPS) is 33.6. The van der Waals surface area contributed by atoms with Crippen molar-refractivity contribution in [1.82, 2.24) is 4.57 Å². The van der Waals surface area contributed by atoms with Crippen molar-refractivity contribution in [2.24, 2.45) is 5.92 Å². The highest BCUT2D eigenvalue weighted by Crippen LogP contribution is 2.31. The van der Waals surface area contributed by atoms with Gasteiger partial charge in [-0.3, -0.25) is 4.57 Å².